The van der Waals surface area contributed by atoms with Crippen molar-refractivity contribution in [3.63, 3.8) is 0 Å². The second kappa shape index (κ2) is 7.46. The van der Waals surface area contributed by atoms with Gasteiger partial charge in [0.2, 0.25) is 0 Å². The van der Waals surface area contributed by atoms with Gasteiger partial charge in [-0.2, -0.15) is 0 Å². The smallest absolute Gasteiger partial charge is 0.320 e. The van der Waals surface area contributed by atoms with E-state index in [2.05, 4.69) is 25.3 Å². The van der Waals surface area contributed by atoms with Crippen LogP contribution in [-0.2, 0) is 9.53 Å². The largest absolute Gasteiger partial charge is 0.465 e. The summed E-state index contributed by atoms with van der Waals surface area (Å²) < 4.78 is 4.93. The molecule has 0 aromatic rings. The van der Waals surface area contributed by atoms with Crippen molar-refractivity contribution in [2.75, 3.05) is 19.7 Å². The minimum absolute atomic E-state index is 0.145. The van der Waals surface area contributed by atoms with E-state index in [0.29, 0.717) is 19.2 Å². The summed E-state index contributed by atoms with van der Waals surface area (Å²) in [6, 6.07) is 0.355. The number of hydrogen-bond donors (Lipinski definition) is 0. The van der Waals surface area contributed by atoms with Gasteiger partial charge in [-0.1, -0.05) is 5.57 Å². The monoisotopic (exact) mass is 213 g/mol. The average Bonchev–Trinajstić information content (AvgIpc) is 2.11. The average molecular weight is 213 g/mol. The molecule has 3 nitrogen and oxygen atoms in total. The molecule has 0 N–H and O–H groups in total. The summed E-state index contributed by atoms with van der Waals surface area (Å²) in [5.74, 6) is -0.145. The number of esters is 1. The third-order valence-corrected chi connectivity index (χ3v) is 2.19. The van der Waals surface area contributed by atoms with Crippen LogP contribution in [0.1, 0.15) is 34.1 Å². The Kier molecular flexibility index (Phi) is 7.05. The van der Waals surface area contributed by atoms with Crippen molar-refractivity contribution in [3.8, 4) is 0 Å². The molecule has 0 amide bonds. The number of nitrogens with zero attached hydrogens (tertiary/aromatic N) is 1. The SMILES string of the molecule is C=C(C)CCN(CC(=O)OCC)C(C)C. The summed E-state index contributed by atoms with van der Waals surface area (Å²) in [4.78, 5) is 13.4. The Labute approximate surface area is 93.1 Å². The first-order chi connectivity index (χ1) is 6.97. The molecule has 0 saturated heterocycles. The van der Waals surface area contributed by atoms with Crippen molar-refractivity contribution < 1.29 is 9.53 Å². The first kappa shape index (κ1) is 14.2. The normalized spacial score (nSPS) is 10.8. The topological polar surface area (TPSA) is 29.5 Å². The summed E-state index contributed by atoms with van der Waals surface area (Å²) in [6.07, 6.45) is 0.928. The molecule has 0 unspecified atom stereocenters. The molecule has 0 bridgehead atoms. The summed E-state index contributed by atoms with van der Waals surface area (Å²) in [5.41, 5.74) is 1.14. The van der Waals surface area contributed by atoms with Crippen LogP contribution in [0.2, 0.25) is 0 Å². The van der Waals surface area contributed by atoms with Gasteiger partial charge < -0.3 is 4.74 Å². The lowest BCUT2D eigenvalue weighted by molar-refractivity contribution is -0.144. The molecule has 0 aliphatic carbocycles. The van der Waals surface area contributed by atoms with Crippen LogP contribution in [0.15, 0.2) is 12.2 Å². The van der Waals surface area contributed by atoms with E-state index < -0.39 is 0 Å². The molecule has 0 heterocycles. The van der Waals surface area contributed by atoms with Gasteiger partial charge in [0, 0.05) is 12.6 Å². The zero-order valence-corrected chi connectivity index (χ0v) is 10.4. The summed E-state index contributed by atoms with van der Waals surface area (Å²) in [5, 5.41) is 0. The highest BCUT2D eigenvalue weighted by Crippen LogP contribution is 2.04. The maximum absolute atomic E-state index is 11.3. The van der Waals surface area contributed by atoms with E-state index in [-0.39, 0.29) is 5.97 Å². The van der Waals surface area contributed by atoms with Crippen LogP contribution in [-0.4, -0.2) is 36.6 Å². The third-order valence-electron chi connectivity index (χ3n) is 2.19. The van der Waals surface area contributed by atoms with E-state index in [1.165, 1.54) is 0 Å². The fourth-order valence-electron chi connectivity index (χ4n) is 1.23. The second-order valence-electron chi connectivity index (χ2n) is 4.08. The van der Waals surface area contributed by atoms with E-state index >= 15 is 0 Å². The highest BCUT2D eigenvalue weighted by Gasteiger charge is 2.14. The van der Waals surface area contributed by atoms with Crippen LogP contribution in [0.3, 0.4) is 0 Å². The van der Waals surface area contributed by atoms with Gasteiger partial charge in [-0.3, -0.25) is 9.69 Å². The molecule has 0 atom stereocenters. The third kappa shape index (κ3) is 7.14. The number of ether oxygens (including phenoxy) is 1. The Morgan fingerprint density at radius 2 is 2.07 bits per heavy atom. The minimum atomic E-state index is -0.145. The summed E-state index contributed by atoms with van der Waals surface area (Å²) >= 11 is 0. The number of hydrogen-bond acceptors (Lipinski definition) is 3. The Balaban J connectivity index is 4.04. The number of rotatable bonds is 7. The lowest BCUT2D eigenvalue weighted by Crippen LogP contribution is -2.37. The van der Waals surface area contributed by atoms with E-state index in [1.807, 2.05) is 13.8 Å². The molecule has 0 aliphatic rings. The minimum Gasteiger partial charge on any atom is -0.465 e. The van der Waals surface area contributed by atoms with Crippen molar-refractivity contribution in [2.45, 2.75) is 40.2 Å². The van der Waals surface area contributed by atoms with Crippen molar-refractivity contribution in [2.24, 2.45) is 0 Å². The van der Waals surface area contributed by atoms with Gasteiger partial charge in [-0.25, -0.2) is 0 Å². The zero-order chi connectivity index (χ0) is 11.8. The molecule has 0 radical (unpaired) electrons. The van der Waals surface area contributed by atoms with Gasteiger partial charge >= 0.3 is 5.97 Å². The molecule has 0 aromatic carbocycles. The Hall–Kier alpha value is -0.830. The van der Waals surface area contributed by atoms with Gasteiger partial charge in [0.1, 0.15) is 0 Å². The fourth-order valence-corrected chi connectivity index (χ4v) is 1.23. The van der Waals surface area contributed by atoms with Crippen molar-refractivity contribution >= 4 is 5.97 Å². The van der Waals surface area contributed by atoms with Crippen LogP contribution in [0.4, 0.5) is 0 Å². The summed E-state index contributed by atoms with van der Waals surface area (Å²) in [6.45, 7) is 13.5. The van der Waals surface area contributed by atoms with Gasteiger partial charge in [-0.05, 0) is 34.1 Å². The number of carbonyl (C=O) groups excluding carboxylic acids is 1. The fraction of sp³-hybridized carbons (Fsp3) is 0.750. The van der Waals surface area contributed by atoms with E-state index in [0.717, 1.165) is 18.5 Å². The standard InChI is InChI=1S/C12H23NO2/c1-6-15-12(14)9-13(11(4)5)8-7-10(2)3/h11H,2,6-9H2,1,3-5H3. The second-order valence-corrected chi connectivity index (χ2v) is 4.08. The highest BCUT2D eigenvalue weighted by molar-refractivity contribution is 5.71. The van der Waals surface area contributed by atoms with Crippen LogP contribution >= 0.6 is 0 Å². The van der Waals surface area contributed by atoms with Crippen molar-refractivity contribution in [1.29, 1.82) is 0 Å². The quantitative estimate of drug-likeness (QED) is 0.480. The molecule has 15 heavy (non-hydrogen) atoms. The van der Waals surface area contributed by atoms with Gasteiger partial charge in [0.25, 0.3) is 0 Å². The van der Waals surface area contributed by atoms with Gasteiger partial charge in [0.15, 0.2) is 0 Å². The Bertz CT molecular complexity index is 212. The molecule has 0 aliphatic heterocycles. The van der Waals surface area contributed by atoms with E-state index in [9.17, 15) is 4.79 Å². The lowest BCUT2D eigenvalue weighted by Gasteiger charge is -2.25. The predicted molar refractivity (Wildman–Crippen MR) is 62.8 cm³/mol. The lowest BCUT2D eigenvalue weighted by atomic mass is 10.2. The van der Waals surface area contributed by atoms with Crippen LogP contribution < -0.4 is 0 Å². The van der Waals surface area contributed by atoms with Gasteiger partial charge in [-0.15, -0.1) is 6.58 Å². The Morgan fingerprint density at radius 3 is 2.47 bits per heavy atom. The first-order valence-electron chi connectivity index (χ1n) is 5.51. The molecular formula is C12H23NO2. The van der Waals surface area contributed by atoms with Crippen molar-refractivity contribution in [1.82, 2.24) is 4.90 Å². The first-order valence-corrected chi connectivity index (χ1v) is 5.51. The summed E-state index contributed by atoms with van der Waals surface area (Å²) in [7, 11) is 0. The van der Waals surface area contributed by atoms with E-state index in [4.69, 9.17) is 4.74 Å². The Morgan fingerprint density at radius 1 is 1.47 bits per heavy atom. The van der Waals surface area contributed by atoms with Gasteiger partial charge in [0.05, 0.1) is 13.2 Å². The zero-order valence-electron chi connectivity index (χ0n) is 10.4. The van der Waals surface area contributed by atoms with Crippen LogP contribution in [0.5, 0.6) is 0 Å². The molecule has 0 rings (SSSR count). The van der Waals surface area contributed by atoms with Crippen molar-refractivity contribution in [3.05, 3.63) is 12.2 Å². The molecule has 0 aromatic heterocycles. The predicted octanol–water partition coefficient (Wildman–Crippen LogP) is 2.23. The molecule has 88 valence electrons. The molecular weight excluding hydrogens is 190 g/mol. The number of carbonyl (C=O) groups is 1. The maximum Gasteiger partial charge on any atom is 0.320 e. The van der Waals surface area contributed by atoms with E-state index in [1.54, 1.807) is 0 Å². The molecule has 0 saturated carbocycles. The van der Waals surface area contributed by atoms with Crippen LogP contribution in [0.25, 0.3) is 0 Å². The molecule has 3 heteroatoms. The van der Waals surface area contributed by atoms with Crippen LogP contribution in [0, 0.1) is 0 Å². The highest BCUT2D eigenvalue weighted by atomic mass is 16.5. The maximum atomic E-state index is 11.3. The molecule has 0 spiro atoms. The molecule has 0 fully saturated rings.